The van der Waals surface area contributed by atoms with Gasteiger partial charge in [-0.05, 0) is 29.8 Å². The zero-order valence-corrected chi connectivity index (χ0v) is 17.6. The molecule has 6 nitrogen and oxygen atoms in total. The molecule has 0 N–H and O–H groups in total. The van der Waals surface area contributed by atoms with Crippen molar-refractivity contribution in [1.82, 2.24) is 0 Å². The molecule has 30 heavy (non-hydrogen) atoms. The molecule has 3 aromatic rings. The maximum absolute atomic E-state index is 12.0. The van der Waals surface area contributed by atoms with E-state index >= 15 is 0 Å². The molecule has 156 valence electrons. The van der Waals surface area contributed by atoms with E-state index in [-0.39, 0.29) is 0 Å². The van der Waals surface area contributed by atoms with E-state index in [0.29, 0.717) is 39.7 Å². The molecule has 0 heterocycles. The van der Waals surface area contributed by atoms with Crippen molar-refractivity contribution >= 4 is 6.29 Å². The molecule has 0 saturated carbocycles. The van der Waals surface area contributed by atoms with Crippen molar-refractivity contribution in [3.05, 3.63) is 54.1 Å². The van der Waals surface area contributed by atoms with Gasteiger partial charge in [-0.3, -0.25) is 4.79 Å². The molecule has 3 rings (SSSR count). The number of benzene rings is 3. The molecule has 0 aliphatic carbocycles. The number of aldehydes is 1. The molecule has 0 radical (unpaired) electrons. The lowest BCUT2D eigenvalue weighted by Crippen LogP contribution is -2.02. The molecule has 0 spiro atoms. The van der Waals surface area contributed by atoms with Crippen LogP contribution in [0.1, 0.15) is 10.4 Å². The molecule has 0 bridgehead atoms. The summed E-state index contributed by atoms with van der Waals surface area (Å²) in [6.07, 6.45) is 0.759. The average Bonchev–Trinajstić information content (AvgIpc) is 2.81. The van der Waals surface area contributed by atoms with Crippen molar-refractivity contribution in [2.75, 3.05) is 35.5 Å². The van der Waals surface area contributed by atoms with E-state index in [1.165, 1.54) is 21.3 Å². The van der Waals surface area contributed by atoms with Crippen LogP contribution in [-0.2, 0) is 0 Å². The molecule has 6 heteroatoms. The number of rotatable bonds is 8. The third-order valence-electron chi connectivity index (χ3n) is 4.87. The Hall–Kier alpha value is -3.67. The second-order valence-corrected chi connectivity index (χ2v) is 6.34. The van der Waals surface area contributed by atoms with Crippen LogP contribution in [0, 0.1) is 0 Å². The third kappa shape index (κ3) is 3.64. The van der Waals surface area contributed by atoms with Crippen molar-refractivity contribution in [3.63, 3.8) is 0 Å². The fourth-order valence-corrected chi connectivity index (χ4v) is 3.50. The summed E-state index contributed by atoms with van der Waals surface area (Å²) in [6, 6.07) is 15.1. The Morgan fingerprint density at radius 1 is 0.633 bits per heavy atom. The van der Waals surface area contributed by atoms with Gasteiger partial charge >= 0.3 is 0 Å². The number of carbonyl (C=O) groups excluding carboxylic acids is 1. The number of hydrogen-bond donors (Lipinski definition) is 0. The molecular formula is C24H24O6. The van der Waals surface area contributed by atoms with Gasteiger partial charge in [0, 0.05) is 22.3 Å². The van der Waals surface area contributed by atoms with Crippen LogP contribution >= 0.6 is 0 Å². The minimum atomic E-state index is 0.384. The quantitative estimate of drug-likeness (QED) is 0.495. The largest absolute Gasteiger partial charge is 0.496 e. The van der Waals surface area contributed by atoms with Gasteiger partial charge in [0.05, 0.1) is 35.5 Å². The van der Waals surface area contributed by atoms with E-state index in [1.807, 2.05) is 42.5 Å². The van der Waals surface area contributed by atoms with Crippen molar-refractivity contribution in [2.24, 2.45) is 0 Å². The van der Waals surface area contributed by atoms with Crippen LogP contribution in [0.2, 0.25) is 0 Å². The first kappa shape index (κ1) is 21.0. The van der Waals surface area contributed by atoms with Crippen LogP contribution in [0.15, 0.2) is 48.5 Å². The summed E-state index contributed by atoms with van der Waals surface area (Å²) in [6.45, 7) is 0. The highest BCUT2D eigenvalue weighted by atomic mass is 16.5. The molecule has 3 aromatic carbocycles. The lowest BCUT2D eigenvalue weighted by molar-refractivity contribution is 0.112. The molecule has 0 atom stereocenters. The van der Waals surface area contributed by atoms with Crippen molar-refractivity contribution in [3.8, 4) is 51.0 Å². The van der Waals surface area contributed by atoms with Crippen molar-refractivity contribution < 1.29 is 28.5 Å². The van der Waals surface area contributed by atoms with Gasteiger partial charge in [0.15, 0.2) is 17.8 Å². The minimum Gasteiger partial charge on any atom is -0.496 e. The lowest BCUT2D eigenvalue weighted by Gasteiger charge is -2.20. The topological polar surface area (TPSA) is 63.2 Å². The normalized spacial score (nSPS) is 10.3. The predicted octanol–water partition coefficient (Wildman–Crippen LogP) is 4.88. The summed E-state index contributed by atoms with van der Waals surface area (Å²) in [7, 11) is 7.76. The highest BCUT2D eigenvalue weighted by Gasteiger charge is 2.24. The van der Waals surface area contributed by atoms with E-state index in [9.17, 15) is 4.79 Å². The molecule has 0 fully saturated rings. The van der Waals surface area contributed by atoms with E-state index in [1.54, 1.807) is 20.3 Å². The zero-order valence-electron chi connectivity index (χ0n) is 17.6. The molecule has 0 unspecified atom stereocenters. The van der Waals surface area contributed by atoms with Gasteiger partial charge in [-0.2, -0.15) is 0 Å². The van der Waals surface area contributed by atoms with Crippen LogP contribution in [0.5, 0.6) is 28.7 Å². The van der Waals surface area contributed by atoms with Gasteiger partial charge < -0.3 is 23.7 Å². The van der Waals surface area contributed by atoms with Crippen LogP contribution in [0.25, 0.3) is 22.3 Å². The molecule has 0 saturated heterocycles. The van der Waals surface area contributed by atoms with Gasteiger partial charge in [0.1, 0.15) is 11.5 Å². The van der Waals surface area contributed by atoms with Crippen LogP contribution in [0.3, 0.4) is 0 Å². The summed E-state index contributed by atoms with van der Waals surface area (Å²) in [5.41, 5.74) is 3.44. The average molecular weight is 408 g/mol. The Morgan fingerprint density at radius 3 is 1.87 bits per heavy atom. The first-order chi connectivity index (χ1) is 14.6. The lowest BCUT2D eigenvalue weighted by atomic mass is 9.93. The number of methoxy groups -OCH3 is 5. The summed E-state index contributed by atoms with van der Waals surface area (Å²) >= 11 is 0. The molecule has 0 aliphatic heterocycles. The van der Waals surface area contributed by atoms with Crippen molar-refractivity contribution in [2.45, 2.75) is 0 Å². The standard InChI is InChI=1S/C24H24O6/c1-26-19-9-7-6-8-17(19)15-10-11-20(27-2)18(12-15)22-16(14-25)13-21(28-3)23(29-4)24(22)30-5/h6-14H,1-5H3. The second-order valence-electron chi connectivity index (χ2n) is 6.34. The van der Waals surface area contributed by atoms with E-state index in [0.717, 1.165) is 23.2 Å². The Bertz CT molecular complexity index is 1060. The first-order valence-electron chi connectivity index (χ1n) is 9.23. The van der Waals surface area contributed by atoms with E-state index in [4.69, 9.17) is 23.7 Å². The number of carbonyl (C=O) groups is 1. The number of ether oxygens (including phenoxy) is 5. The van der Waals surface area contributed by atoms with Gasteiger partial charge in [0.2, 0.25) is 5.75 Å². The highest BCUT2D eigenvalue weighted by molar-refractivity contribution is 5.96. The Morgan fingerprint density at radius 2 is 1.27 bits per heavy atom. The van der Waals surface area contributed by atoms with Gasteiger partial charge in [-0.1, -0.05) is 24.3 Å². The molecule has 0 aliphatic rings. The maximum Gasteiger partial charge on any atom is 0.203 e. The Kier molecular flexibility index (Phi) is 6.47. The second kappa shape index (κ2) is 9.22. The van der Waals surface area contributed by atoms with Crippen LogP contribution < -0.4 is 23.7 Å². The summed E-state index contributed by atoms with van der Waals surface area (Å²) in [5.74, 6) is 2.51. The molecule has 0 aromatic heterocycles. The van der Waals surface area contributed by atoms with E-state index < -0.39 is 0 Å². The zero-order chi connectivity index (χ0) is 21.7. The molecule has 0 amide bonds. The minimum absolute atomic E-state index is 0.384. The SMILES string of the molecule is COc1ccccc1-c1ccc(OC)c(-c2c(C=O)cc(OC)c(OC)c2OC)c1. The molecular weight excluding hydrogens is 384 g/mol. The van der Waals surface area contributed by atoms with Crippen molar-refractivity contribution in [1.29, 1.82) is 0 Å². The maximum atomic E-state index is 12.0. The summed E-state index contributed by atoms with van der Waals surface area (Å²) in [4.78, 5) is 12.0. The van der Waals surface area contributed by atoms with Gasteiger partial charge in [0.25, 0.3) is 0 Å². The summed E-state index contributed by atoms with van der Waals surface area (Å²) < 4.78 is 27.7. The smallest absolute Gasteiger partial charge is 0.203 e. The van der Waals surface area contributed by atoms with Gasteiger partial charge in [-0.15, -0.1) is 0 Å². The Balaban J connectivity index is 2.36. The third-order valence-corrected chi connectivity index (χ3v) is 4.87. The van der Waals surface area contributed by atoms with Gasteiger partial charge in [-0.25, -0.2) is 0 Å². The number of hydrogen-bond acceptors (Lipinski definition) is 6. The predicted molar refractivity (Wildman–Crippen MR) is 115 cm³/mol. The van der Waals surface area contributed by atoms with E-state index in [2.05, 4.69) is 0 Å². The van der Waals surface area contributed by atoms with Crippen LogP contribution in [-0.4, -0.2) is 41.8 Å². The Labute approximate surface area is 175 Å². The number of para-hydroxylation sites is 1. The van der Waals surface area contributed by atoms with Crippen LogP contribution in [0.4, 0.5) is 0 Å². The fraction of sp³-hybridized carbons (Fsp3) is 0.208. The summed E-state index contributed by atoms with van der Waals surface area (Å²) in [5, 5.41) is 0. The monoisotopic (exact) mass is 408 g/mol. The highest BCUT2D eigenvalue weighted by Crippen LogP contribution is 2.49. The first-order valence-corrected chi connectivity index (χ1v) is 9.23. The fourth-order valence-electron chi connectivity index (χ4n) is 3.50.